The number of para-hydroxylation sites is 1. The van der Waals surface area contributed by atoms with Crippen molar-refractivity contribution in [1.82, 2.24) is 5.32 Å². The fraction of sp³-hybridized carbons (Fsp3) is 0.300. The zero-order valence-corrected chi connectivity index (χ0v) is 15.6. The van der Waals surface area contributed by atoms with Gasteiger partial charge in [-0.1, -0.05) is 44.4 Å². The van der Waals surface area contributed by atoms with Gasteiger partial charge in [0.25, 0.3) is 5.91 Å². The molecule has 0 saturated heterocycles. The maximum Gasteiger partial charge on any atom is 0.261 e. The molecule has 2 aromatic carbocycles. The van der Waals surface area contributed by atoms with Crippen molar-refractivity contribution in [2.75, 3.05) is 11.9 Å². The Hall–Kier alpha value is -2.47. The number of nitrogens with one attached hydrogen (secondary N) is 2. The molecule has 0 unspecified atom stereocenters. The highest BCUT2D eigenvalue weighted by Crippen LogP contribution is 2.18. The highest BCUT2D eigenvalue weighted by atomic mass is 32.1. The van der Waals surface area contributed by atoms with E-state index in [0.717, 1.165) is 19.3 Å². The second-order valence-corrected chi connectivity index (χ2v) is 6.23. The predicted molar refractivity (Wildman–Crippen MR) is 106 cm³/mol. The molecule has 0 saturated carbocycles. The molecule has 0 aliphatic heterocycles. The molecule has 4 nitrogen and oxygen atoms in total. The minimum Gasteiger partial charge on any atom is -0.493 e. The van der Waals surface area contributed by atoms with Crippen LogP contribution in [0.1, 0.15) is 43.0 Å². The summed E-state index contributed by atoms with van der Waals surface area (Å²) in [6, 6.07) is 12.9. The van der Waals surface area contributed by atoms with E-state index >= 15 is 0 Å². The van der Waals surface area contributed by atoms with Crippen LogP contribution < -0.4 is 15.4 Å². The summed E-state index contributed by atoms with van der Waals surface area (Å²) in [5, 5.41) is 5.48. The fourth-order valence-electron chi connectivity index (χ4n) is 2.39. The Bertz CT molecular complexity index is 752. The molecule has 0 radical (unpaired) electrons. The van der Waals surface area contributed by atoms with Crippen LogP contribution >= 0.6 is 12.2 Å². The van der Waals surface area contributed by atoms with E-state index in [1.807, 2.05) is 6.07 Å². The Kier molecular flexibility index (Phi) is 8.02. The molecule has 0 atom stereocenters. The van der Waals surface area contributed by atoms with Crippen LogP contribution in [0.15, 0.2) is 48.5 Å². The van der Waals surface area contributed by atoms with Crippen LogP contribution in [0.4, 0.5) is 10.1 Å². The molecular formula is C20H23FN2O2S. The third-order valence-electron chi connectivity index (χ3n) is 3.70. The number of hydrogen-bond donors (Lipinski definition) is 2. The van der Waals surface area contributed by atoms with Gasteiger partial charge in [0.2, 0.25) is 0 Å². The number of thiocarbonyl (C=S) groups is 1. The standard InChI is InChI=1S/C20H23FN2O2S/c1-2-3-4-7-13-25-18-12-6-5-11-17(18)19(24)23-20(26)22-16-10-8-9-15(21)14-16/h5-6,8-12,14H,2-4,7,13H2,1H3,(H2,22,23,24,26). The molecule has 6 heteroatoms. The molecule has 0 aliphatic carbocycles. The first-order valence-electron chi connectivity index (χ1n) is 8.70. The molecule has 0 spiro atoms. The number of anilines is 1. The third-order valence-corrected chi connectivity index (χ3v) is 3.90. The van der Waals surface area contributed by atoms with E-state index in [0.29, 0.717) is 23.6 Å². The summed E-state index contributed by atoms with van der Waals surface area (Å²) in [6.07, 6.45) is 4.39. The van der Waals surface area contributed by atoms with Gasteiger partial charge in [0.05, 0.1) is 12.2 Å². The highest BCUT2D eigenvalue weighted by molar-refractivity contribution is 7.80. The van der Waals surface area contributed by atoms with E-state index in [4.69, 9.17) is 17.0 Å². The number of rotatable bonds is 8. The summed E-state index contributed by atoms with van der Waals surface area (Å²) in [5.74, 6) is -0.232. The summed E-state index contributed by atoms with van der Waals surface area (Å²) >= 11 is 5.13. The van der Waals surface area contributed by atoms with E-state index in [1.165, 1.54) is 18.6 Å². The van der Waals surface area contributed by atoms with Gasteiger partial charge in [0, 0.05) is 5.69 Å². The molecular weight excluding hydrogens is 351 g/mol. The number of ether oxygens (including phenoxy) is 1. The Morgan fingerprint density at radius 3 is 2.69 bits per heavy atom. The van der Waals surface area contributed by atoms with Crippen molar-refractivity contribution in [3.05, 3.63) is 59.9 Å². The maximum absolute atomic E-state index is 13.2. The van der Waals surface area contributed by atoms with Crippen molar-refractivity contribution in [2.24, 2.45) is 0 Å². The van der Waals surface area contributed by atoms with Crippen molar-refractivity contribution in [3.8, 4) is 5.75 Å². The molecule has 0 heterocycles. The SMILES string of the molecule is CCCCCCOc1ccccc1C(=O)NC(=S)Nc1cccc(F)c1. The van der Waals surface area contributed by atoms with Crippen LogP contribution in [0.25, 0.3) is 0 Å². The van der Waals surface area contributed by atoms with Gasteiger partial charge < -0.3 is 10.1 Å². The first-order valence-corrected chi connectivity index (χ1v) is 9.10. The van der Waals surface area contributed by atoms with Gasteiger partial charge >= 0.3 is 0 Å². The van der Waals surface area contributed by atoms with Crippen LogP contribution in [-0.4, -0.2) is 17.6 Å². The topological polar surface area (TPSA) is 50.4 Å². The number of hydrogen-bond acceptors (Lipinski definition) is 3. The Balaban J connectivity index is 1.93. The maximum atomic E-state index is 13.2. The van der Waals surface area contributed by atoms with E-state index in [-0.39, 0.29) is 16.8 Å². The average Bonchev–Trinajstić information content (AvgIpc) is 2.61. The summed E-state index contributed by atoms with van der Waals surface area (Å²) in [6.45, 7) is 2.72. The van der Waals surface area contributed by atoms with Crippen LogP contribution in [0.2, 0.25) is 0 Å². The summed E-state index contributed by atoms with van der Waals surface area (Å²) < 4.78 is 19.0. The summed E-state index contributed by atoms with van der Waals surface area (Å²) in [7, 11) is 0. The fourth-order valence-corrected chi connectivity index (χ4v) is 2.60. The van der Waals surface area contributed by atoms with Gasteiger partial charge in [-0.3, -0.25) is 10.1 Å². The lowest BCUT2D eigenvalue weighted by Gasteiger charge is -2.13. The normalized spacial score (nSPS) is 10.2. The lowest BCUT2D eigenvalue weighted by atomic mass is 10.2. The monoisotopic (exact) mass is 374 g/mol. The van der Waals surface area contributed by atoms with E-state index in [2.05, 4.69) is 17.6 Å². The molecule has 2 N–H and O–H groups in total. The minimum absolute atomic E-state index is 0.0957. The van der Waals surface area contributed by atoms with Crippen LogP contribution in [0, 0.1) is 5.82 Å². The van der Waals surface area contributed by atoms with Crippen molar-refractivity contribution in [3.63, 3.8) is 0 Å². The number of halogens is 1. The Morgan fingerprint density at radius 2 is 1.92 bits per heavy atom. The minimum atomic E-state index is -0.383. The molecule has 0 fully saturated rings. The van der Waals surface area contributed by atoms with Gasteiger partial charge in [0.1, 0.15) is 11.6 Å². The molecule has 26 heavy (non-hydrogen) atoms. The van der Waals surface area contributed by atoms with Crippen molar-refractivity contribution in [2.45, 2.75) is 32.6 Å². The summed E-state index contributed by atoms with van der Waals surface area (Å²) in [4.78, 5) is 12.5. The second kappa shape index (κ2) is 10.5. The van der Waals surface area contributed by atoms with Gasteiger partial charge in [-0.2, -0.15) is 0 Å². The Morgan fingerprint density at radius 1 is 1.12 bits per heavy atom. The quantitative estimate of drug-likeness (QED) is 0.509. The van der Waals surface area contributed by atoms with Gasteiger partial charge in [0.15, 0.2) is 5.11 Å². The number of amides is 1. The predicted octanol–water partition coefficient (Wildman–Crippen LogP) is 4.91. The van der Waals surface area contributed by atoms with Crippen LogP contribution in [0.5, 0.6) is 5.75 Å². The van der Waals surface area contributed by atoms with Gasteiger partial charge in [-0.25, -0.2) is 4.39 Å². The second-order valence-electron chi connectivity index (χ2n) is 5.82. The highest BCUT2D eigenvalue weighted by Gasteiger charge is 2.13. The largest absolute Gasteiger partial charge is 0.493 e. The van der Waals surface area contributed by atoms with Crippen molar-refractivity contribution < 1.29 is 13.9 Å². The van der Waals surface area contributed by atoms with Gasteiger partial charge in [-0.05, 0) is 49.0 Å². The van der Waals surface area contributed by atoms with Crippen LogP contribution in [-0.2, 0) is 0 Å². The van der Waals surface area contributed by atoms with Crippen LogP contribution in [0.3, 0.4) is 0 Å². The lowest BCUT2D eigenvalue weighted by Crippen LogP contribution is -2.34. The molecule has 2 aromatic rings. The molecule has 138 valence electrons. The van der Waals surface area contributed by atoms with E-state index in [9.17, 15) is 9.18 Å². The summed E-state index contributed by atoms with van der Waals surface area (Å²) in [5.41, 5.74) is 0.877. The zero-order chi connectivity index (χ0) is 18.8. The Labute approximate surface area is 158 Å². The number of unbranched alkanes of at least 4 members (excludes halogenated alkanes) is 3. The molecule has 0 aromatic heterocycles. The first kappa shape index (κ1) is 19.8. The first-order chi connectivity index (χ1) is 12.6. The number of carbonyl (C=O) groups is 1. The van der Waals surface area contributed by atoms with Crippen molar-refractivity contribution in [1.29, 1.82) is 0 Å². The van der Waals surface area contributed by atoms with E-state index < -0.39 is 0 Å². The smallest absolute Gasteiger partial charge is 0.261 e. The molecule has 0 bridgehead atoms. The number of benzene rings is 2. The number of carbonyl (C=O) groups excluding carboxylic acids is 1. The zero-order valence-electron chi connectivity index (χ0n) is 14.8. The van der Waals surface area contributed by atoms with Gasteiger partial charge in [-0.15, -0.1) is 0 Å². The van der Waals surface area contributed by atoms with E-state index in [1.54, 1.807) is 30.3 Å². The van der Waals surface area contributed by atoms with Crippen molar-refractivity contribution >= 4 is 28.9 Å². The lowest BCUT2D eigenvalue weighted by molar-refractivity contribution is 0.0973. The third kappa shape index (κ3) is 6.44. The average molecular weight is 374 g/mol. The molecule has 2 rings (SSSR count). The molecule has 0 aliphatic rings. The molecule has 1 amide bonds.